The van der Waals surface area contributed by atoms with E-state index < -0.39 is 23.9 Å². The Kier molecular flexibility index (Phi) is 6.17. The van der Waals surface area contributed by atoms with E-state index in [0.717, 1.165) is 17.8 Å². The van der Waals surface area contributed by atoms with Gasteiger partial charge in [-0.1, -0.05) is 48.0 Å². The van der Waals surface area contributed by atoms with Gasteiger partial charge in [0.1, 0.15) is 0 Å². The summed E-state index contributed by atoms with van der Waals surface area (Å²) in [4.78, 5) is 13.8. The summed E-state index contributed by atoms with van der Waals surface area (Å²) in [6.07, 6.45) is -1.94. The lowest BCUT2D eigenvalue weighted by atomic mass is 10.0. The van der Waals surface area contributed by atoms with Gasteiger partial charge in [-0.3, -0.25) is 0 Å². The third kappa shape index (κ3) is 4.76. The quantitative estimate of drug-likeness (QED) is 0.589. The van der Waals surface area contributed by atoms with Crippen LogP contribution in [0.4, 0.5) is 18.9 Å². The molecule has 1 fully saturated rings. The molecule has 2 aromatic carbocycles. The molecule has 0 aliphatic carbocycles. The minimum Gasteiger partial charge on any atom is -0.662 e. The minimum atomic E-state index is -4.45. The van der Waals surface area contributed by atoms with Crippen LogP contribution in [0, 0.1) is 0 Å². The van der Waals surface area contributed by atoms with Gasteiger partial charge in [0.25, 0.3) is 0 Å². The average molecular weight is 464 g/mol. The monoisotopic (exact) mass is 463 g/mol. The Hall–Kier alpha value is -2.97. The Labute approximate surface area is 187 Å². The number of carbonyl (C=O) groups is 1. The molecular formula is C23H19ClF3N2O3-. The van der Waals surface area contributed by atoms with Gasteiger partial charge in [0, 0.05) is 35.5 Å². The minimum absolute atomic E-state index is 0.142. The third-order valence-electron chi connectivity index (χ3n) is 5.36. The van der Waals surface area contributed by atoms with Crippen LogP contribution in [0.3, 0.4) is 0 Å². The summed E-state index contributed by atoms with van der Waals surface area (Å²) in [6, 6.07) is 12.4. The molecule has 2 aromatic rings. The van der Waals surface area contributed by atoms with E-state index in [-0.39, 0.29) is 11.7 Å². The smallest absolute Gasteiger partial charge is 0.414 e. The summed E-state index contributed by atoms with van der Waals surface area (Å²) in [7, 11) is 0. The number of halogens is 4. The maximum Gasteiger partial charge on any atom is 0.414 e. The second-order valence-electron chi connectivity index (χ2n) is 7.49. The van der Waals surface area contributed by atoms with Crippen molar-refractivity contribution >= 4 is 23.3 Å². The summed E-state index contributed by atoms with van der Waals surface area (Å²) < 4.78 is 43.9. The molecule has 2 aliphatic heterocycles. The number of rotatable bonds is 5. The Balaban J connectivity index is 1.46. The Morgan fingerprint density at radius 3 is 2.66 bits per heavy atom. The number of anilines is 1. The second-order valence-corrected chi connectivity index (χ2v) is 7.90. The maximum absolute atomic E-state index is 12.7. The third-order valence-corrected chi connectivity index (χ3v) is 5.69. The second kappa shape index (κ2) is 8.88. The fraction of sp³-hybridized carbons (Fsp3) is 0.261. The highest BCUT2D eigenvalue weighted by molar-refractivity contribution is 6.33. The molecular weight excluding hydrogens is 445 g/mol. The lowest BCUT2D eigenvalue weighted by Gasteiger charge is -2.34. The fourth-order valence-corrected chi connectivity index (χ4v) is 4.03. The summed E-state index contributed by atoms with van der Waals surface area (Å²) >= 11 is 6.25. The first kappa shape index (κ1) is 22.2. The van der Waals surface area contributed by atoms with E-state index in [1.165, 1.54) is 6.08 Å². The van der Waals surface area contributed by atoms with Crippen LogP contribution < -0.4 is 4.90 Å². The summed E-state index contributed by atoms with van der Waals surface area (Å²) in [5.41, 5.74) is 1.30. The van der Waals surface area contributed by atoms with Crippen molar-refractivity contribution < 1.29 is 27.8 Å². The number of carboxylic acid groups (broad SMARTS) is 1. The largest absolute Gasteiger partial charge is 0.662 e. The van der Waals surface area contributed by atoms with Gasteiger partial charge in [-0.15, -0.1) is 0 Å². The number of carboxylic acids is 1. The first-order valence-corrected chi connectivity index (χ1v) is 10.3. The van der Waals surface area contributed by atoms with E-state index in [9.17, 15) is 23.1 Å². The van der Waals surface area contributed by atoms with Crippen molar-refractivity contribution in [3.05, 3.63) is 82.3 Å². The molecule has 32 heavy (non-hydrogen) atoms. The molecule has 0 amide bonds. The van der Waals surface area contributed by atoms with E-state index in [2.05, 4.69) is 5.32 Å². The molecule has 1 N–H and O–H groups in total. The van der Waals surface area contributed by atoms with Crippen molar-refractivity contribution in [2.24, 2.45) is 0 Å². The zero-order valence-corrected chi connectivity index (χ0v) is 17.5. The van der Waals surface area contributed by atoms with Crippen LogP contribution in [0.5, 0.6) is 0 Å². The lowest BCUT2D eigenvalue weighted by Crippen LogP contribution is -2.27. The predicted molar refractivity (Wildman–Crippen MR) is 116 cm³/mol. The van der Waals surface area contributed by atoms with E-state index >= 15 is 0 Å². The van der Waals surface area contributed by atoms with Crippen molar-refractivity contribution in [2.75, 3.05) is 18.0 Å². The predicted octanol–water partition coefficient (Wildman–Crippen LogP) is 6.02. The molecule has 0 radical (unpaired) electrons. The van der Waals surface area contributed by atoms with Gasteiger partial charge in [0.15, 0.2) is 0 Å². The molecule has 0 saturated carbocycles. The Morgan fingerprint density at radius 1 is 1.22 bits per heavy atom. The summed E-state index contributed by atoms with van der Waals surface area (Å²) in [6.45, 7) is 0.956. The van der Waals surface area contributed by atoms with Gasteiger partial charge in [-0.05, 0) is 30.2 Å². The van der Waals surface area contributed by atoms with Crippen molar-refractivity contribution in [1.29, 1.82) is 0 Å². The number of benzene rings is 2. The SMILES string of the molecule is O=C(O)c1cc(-c2ccccc2Cl)ccc1N1CCC(OC2C=CC(C(F)(F)F)=C[N-]2)C1. The molecule has 1 saturated heterocycles. The zero-order chi connectivity index (χ0) is 22.9. The van der Waals surface area contributed by atoms with Crippen LogP contribution in [-0.4, -0.2) is 42.7 Å². The van der Waals surface area contributed by atoms with Crippen LogP contribution >= 0.6 is 11.6 Å². The molecule has 9 heteroatoms. The molecule has 0 aromatic heterocycles. The lowest BCUT2D eigenvalue weighted by molar-refractivity contribution is -0.0887. The average Bonchev–Trinajstić information content (AvgIpc) is 3.21. The van der Waals surface area contributed by atoms with E-state index in [0.29, 0.717) is 35.8 Å². The number of alkyl halides is 3. The fourth-order valence-electron chi connectivity index (χ4n) is 3.78. The molecule has 2 atom stereocenters. The first-order valence-electron chi connectivity index (χ1n) is 9.90. The van der Waals surface area contributed by atoms with E-state index in [1.807, 2.05) is 23.1 Å². The van der Waals surface area contributed by atoms with Crippen LogP contribution in [0.25, 0.3) is 16.4 Å². The molecule has 2 unspecified atom stereocenters. The highest BCUT2D eigenvalue weighted by Gasteiger charge is 2.32. The summed E-state index contributed by atoms with van der Waals surface area (Å²) in [5, 5.41) is 14.1. The van der Waals surface area contributed by atoms with Crippen LogP contribution in [0.1, 0.15) is 16.8 Å². The van der Waals surface area contributed by atoms with Gasteiger partial charge >= 0.3 is 12.1 Å². The maximum atomic E-state index is 12.7. The van der Waals surface area contributed by atoms with E-state index in [1.54, 1.807) is 24.3 Å². The van der Waals surface area contributed by atoms with E-state index in [4.69, 9.17) is 16.3 Å². The number of ether oxygens (including phenoxy) is 1. The Bertz CT molecular complexity index is 1080. The first-order chi connectivity index (χ1) is 15.2. The van der Waals surface area contributed by atoms with Gasteiger partial charge < -0.3 is 20.1 Å². The van der Waals surface area contributed by atoms with Crippen molar-refractivity contribution in [3.8, 4) is 11.1 Å². The van der Waals surface area contributed by atoms with Gasteiger partial charge in [-0.2, -0.15) is 19.4 Å². The topological polar surface area (TPSA) is 63.9 Å². The molecule has 5 nitrogen and oxygen atoms in total. The van der Waals surface area contributed by atoms with Crippen molar-refractivity contribution in [1.82, 2.24) is 0 Å². The standard InChI is InChI=1S/C23H19ClF3N2O3/c24-19-4-2-1-3-17(19)14-5-7-20(18(11-14)22(30)31)29-10-9-16(13-29)32-21-8-6-15(12-28-21)23(25,26)27/h1-8,11-12,16,21H,9-10,13H2,(H,30,31)/q-1. The molecule has 0 bridgehead atoms. The molecule has 4 rings (SSSR count). The molecule has 168 valence electrons. The highest BCUT2D eigenvalue weighted by Crippen LogP contribution is 2.35. The number of allylic oxidation sites excluding steroid dienone is 2. The van der Waals surface area contributed by atoms with Crippen LogP contribution in [-0.2, 0) is 4.74 Å². The highest BCUT2D eigenvalue weighted by atomic mass is 35.5. The molecule has 0 spiro atoms. The number of nitrogens with zero attached hydrogens (tertiary/aromatic N) is 2. The molecule has 2 heterocycles. The Morgan fingerprint density at radius 2 is 2.00 bits per heavy atom. The van der Waals surface area contributed by atoms with Crippen molar-refractivity contribution in [3.63, 3.8) is 0 Å². The van der Waals surface area contributed by atoms with Crippen LogP contribution in [0.2, 0.25) is 5.02 Å². The zero-order valence-electron chi connectivity index (χ0n) is 16.7. The normalized spacial score (nSPS) is 20.8. The molecule has 2 aliphatic rings. The number of aromatic carboxylic acids is 1. The van der Waals surface area contributed by atoms with Crippen LogP contribution in [0.15, 0.2) is 66.4 Å². The van der Waals surface area contributed by atoms with Gasteiger partial charge in [0.05, 0.1) is 17.4 Å². The summed E-state index contributed by atoms with van der Waals surface area (Å²) in [5.74, 6) is -1.06. The number of hydrogen-bond acceptors (Lipinski definition) is 3. The van der Waals surface area contributed by atoms with Crippen molar-refractivity contribution in [2.45, 2.75) is 24.9 Å². The van der Waals surface area contributed by atoms with Gasteiger partial charge in [0.2, 0.25) is 0 Å². The van der Waals surface area contributed by atoms with Gasteiger partial charge in [-0.25, -0.2) is 4.79 Å². The number of hydrogen-bond donors (Lipinski definition) is 1.